The van der Waals surface area contributed by atoms with E-state index in [1.807, 2.05) is 0 Å². The standard InChI is InChI=1S/C22H23S.C2HF3O2/c1-22(2,3)18-14-16-21(17-15-18)23(19-10-6-4-7-11-19)20-12-8-5-9-13-20;3-2(4,5)1(6)7/h4-17H,1-3H3;(H,6,7)/q+1;/p-1. The fourth-order valence-electron chi connectivity index (χ4n) is 2.61. The maximum absolute atomic E-state index is 10.5. The molecule has 30 heavy (non-hydrogen) atoms. The fraction of sp³-hybridized carbons (Fsp3) is 0.208. The number of hydrogen-bond donors (Lipinski definition) is 0. The molecule has 0 unspecified atom stereocenters. The average Bonchev–Trinajstić information content (AvgIpc) is 2.69. The van der Waals surface area contributed by atoms with Crippen molar-refractivity contribution < 1.29 is 23.1 Å². The highest BCUT2D eigenvalue weighted by Gasteiger charge is 2.29. The number of halogens is 3. The van der Waals surface area contributed by atoms with Gasteiger partial charge < -0.3 is 9.90 Å². The Morgan fingerprint density at radius 1 is 0.700 bits per heavy atom. The highest BCUT2D eigenvalue weighted by molar-refractivity contribution is 7.97. The molecule has 0 fully saturated rings. The number of aliphatic carboxylic acids is 1. The zero-order valence-corrected chi connectivity index (χ0v) is 17.8. The number of rotatable bonds is 3. The highest BCUT2D eigenvalue weighted by Crippen LogP contribution is 2.32. The van der Waals surface area contributed by atoms with E-state index >= 15 is 0 Å². The van der Waals surface area contributed by atoms with Crippen LogP contribution in [0.2, 0.25) is 0 Å². The predicted octanol–water partition coefficient (Wildman–Crippen LogP) is 5.38. The van der Waals surface area contributed by atoms with Crippen molar-refractivity contribution in [3.8, 4) is 0 Å². The highest BCUT2D eigenvalue weighted by atomic mass is 32.2. The van der Waals surface area contributed by atoms with Gasteiger partial charge in [0, 0.05) is 0 Å². The summed E-state index contributed by atoms with van der Waals surface area (Å²) in [5.74, 6) is -3.01. The molecule has 0 aliphatic heterocycles. The van der Waals surface area contributed by atoms with Crippen molar-refractivity contribution >= 4 is 16.9 Å². The molecule has 0 amide bonds. The normalized spacial score (nSPS) is 11.6. The number of carboxylic acid groups (broad SMARTS) is 1. The van der Waals surface area contributed by atoms with Gasteiger partial charge in [-0.05, 0) is 47.4 Å². The molecule has 0 saturated heterocycles. The minimum Gasteiger partial charge on any atom is -0.542 e. The van der Waals surface area contributed by atoms with Crippen LogP contribution in [0.3, 0.4) is 0 Å². The molecule has 3 rings (SSSR count). The van der Waals surface area contributed by atoms with Crippen LogP contribution in [-0.4, -0.2) is 12.1 Å². The first-order valence-corrected chi connectivity index (χ1v) is 10.5. The molecule has 0 spiro atoms. The SMILES string of the molecule is CC(C)(C)c1ccc([S+](c2ccccc2)c2ccccc2)cc1.O=C([O-])C(F)(F)F. The number of carbonyl (C=O) groups is 1. The number of benzene rings is 3. The van der Waals surface area contributed by atoms with Crippen molar-refractivity contribution in [2.75, 3.05) is 0 Å². The molecule has 0 aliphatic carbocycles. The lowest BCUT2D eigenvalue weighted by atomic mass is 9.87. The van der Waals surface area contributed by atoms with Gasteiger partial charge in [-0.1, -0.05) is 69.3 Å². The lowest BCUT2D eigenvalue weighted by Gasteiger charge is -2.19. The molecule has 0 N–H and O–H groups in total. The Morgan fingerprint density at radius 3 is 1.33 bits per heavy atom. The Kier molecular flexibility index (Phi) is 7.73. The van der Waals surface area contributed by atoms with E-state index in [2.05, 4.69) is 106 Å². The van der Waals surface area contributed by atoms with Gasteiger partial charge in [-0.25, -0.2) is 0 Å². The molecule has 0 aromatic heterocycles. The van der Waals surface area contributed by atoms with Crippen molar-refractivity contribution in [3.05, 3.63) is 90.5 Å². The minimum absolute atomic E-state index is 0.0497. The summed E-state index contributed by atoms with van der Waals surface area (Å²) in [5.41, 5.74) is 1.57. The number of hydrogen-bond acceptors (Lipinski definition) is 2. The molecule has 0 heterocycles. The first kappa shape index (κ1) is 23.5. The van der Waals surface area contributed by atoms with E-state index in [-0.39, 0.29) is 16.3 Å². The maximum atomic E-state index is 10.5. The topological polar surface area (TPSA) is 40.1 Å². The molecule has 3 aromatic carbocycles. The predicted molar refractivity (Wildman–Crippen MR) is 111 cm³/mol. The van der Waals surface area contributed by atoms with Gasteiger partial charge >= 0.3 is 6.18 Å². The smallest absolute Gasteiger partial charge is 0.430 e. The van der Waals surface area contributed by atoms with E-state index < -0.39 is 12.1 Å². The van der Waals surface area contributed by atoms with E-state index in [1.54, 1.807) is 0 Å². The van der Waals surface area contributed by atoms with Crippen LogP contribution >= 0.6 is 0 Å². The van der Waals surface area contributed by atoms with Gasteiger partial charge in [0.2, 0.25) is 0 Å². The second kappa shape index (κ2) is 9.85. The third-order valence-electron chi connectivity index (χ3n) is 4.15. The lowest BCUT2D eigenvalue weighted by molar-refractivity contribution is -0.344. The Labute approximate surface area is 177 Å². The summed E-state index contributed by atoms with van der Waals surface area (Å²) in [7, 11) is -0.0497. The van der Waals surface area contributed by atoms with Crippen LogP contribution in [0.5, 0.6) is 0 Å². The largest absolute Gasteiger partial charge is 0.542 e. The van der Waals surface area contributed by atoms with E-state index in [0.29, 0.717) is 0 Å². The number of carbonyl (C=O) groups excluding carboxylic acids is 1. The van der Waals surface area contributed by atoms with Gasteiger partial charge in [-0.3, -0.25) is 0 Å². The van der Waals surface area contributed by atoms with E-state index in [4.69, 9.17) is 9.90 Å². The second-order valence-corrected chi connectivity index (χ2v) is 9.52. The summed E-state index contributed by atoms with van der Waals surface area (Å²) in [6.45, 7) is 6.78. The van der Waals surface area contributed by atoms with Crippen LogP contribution in [0.1, 0.15) is 26.3 Å². The van der Waals surface area contributed by atoms with Gasteiger partial charge in [-0.2, -0.15) is 13.2 Å². The van der Waals surface area contributed by atoms with Crippen molar-refractivity contribution in [1.82, 2.24) is 0 Å². The van der Waals surface area contributed by atoms with Crippen molar-refractivity contribution in [3.63, 3.8) is 0 Å². The van der Waals surface area contributed by atoms with E-state index in [1.165, 1.54) is 20.2 Å². The molecule has 0 aliphatic rings. The summed E-state index contributed by atoms with van der Waals surface area (Å²) in [5, 5.41) is 8.78. The Bertz CT molecular complexity index is 893. The molecule has 6 heteroatoms. The monoisotopic (exact) mass is 432 g/mol. The maximum Gasteiger partial charge on any atom is 0.430 e. The molecule has 0 saturated carbocycles. The second-order valence-electron chi connectivity index (χ2n) is 7.49. The molecule has 2 nitrogen and oxygen atoms in total. The van der Waals surface area contributed by atoms with Gasteiger partial charge in [0.25, 0.3) is 0 Å². The average molecular weight is 433 g/mol. The third kappa shape index (κ3) is 6.66. The van der Waals surface area contributed by atoms with Crippen LogP contribution in [-0.2, 0) is 21.1 Å². The van der Waals surface area contributed by atoms with Crippen molar-refractivity contribution in [2.45, 2.75) is 47.0 Å². The zero-order valence-electron chi connectivity index (χ0n) is 16.9. The quantitative estimate of drug-likeness (QED) is 0.522. The molecular formula is C24H23F3O2S. The van der Waals surface area contributed by atoms with Crippen molar-refractivity contribution in [2.24, 2.45) is 0 Å². The summed E-state index contributed by atoms with van der Waals surface area (Å²) in [6.07, 6.45) is -5.19. The number of carboxylic acids is 1. The first-order valence-electron chi connectivity index (χ1n) is 9.23. The summed E-state index contributed by atoms with van der Waals surface area (Å²) < 4.78 is 31.5. The lowest BCUT2D eigenvalue weighted by Crippen LogP contribution is -2.37. The van der Waals surface area contributed by atoms with Gasteiger partial charge in [-0.15, -0.1) is 0 Å². The molecule has 0 radical (unpaired) electrons. The zero-order chi connectivity index (χ0) is 22.4. The van der Waals surface area contributed by atoms with Gasteiger partial charge in [0.05, 0.1) is 10.9 Å². The molecule has 0 atom stereocenters. The molecule has 158 valence electrons. The minimum atomic E-state index is -5.19. The third-order valence-corrected chi connectivity index (χ3v) is 6.38. The molecule has 0 bridgehead atoms. The van der Waals surface area contributed by atoms with E-state index in [9.17, 15) is 13.2 Å². The molecule has 3 aromatic rings. The van der Waals surface area contributed by atoms with Crippen LogP contribution in [0.25, 0.3) is 0 Å². The summed E-state index contributed by atoms with van der Waals surface area (Å²) in [6, 6.07) is 30.7. The van der Waals surface area contributed by atoms with E-state index in [0.717, 1.165) is 0 Å². The van der Waals surface area contributed by atoms with Gasteiger partial charge in [0.15, 0.2) is 14.7 Å². The summed E-state index contributed by atoms with van der Waals surface area (Å²) in [4.78, 5) is 12.9. The fourth-order valence-corrected chi connectivity index (χ4v) is 4.70. The van der Waals surface area contributed by atoms with Crippen LogP contribution in [0, 0.1) is 0 Å². The Balaban J connectivity index is 0.000000396. The van der Waals surface area contributed by atoms with Crippen LogP contribution in [0.15, 0.2) is 99.6 Å². The Morgan fingerprint density at radius 2 is 1.03 bits per heavy atom. The molecular weight excluding hydrogens is 409 g/mol. The van der Waals surface area contributed by atoms with Crippen LogP contribution < -0.4 is 5.11 Å². The Hall–Kier alpha value is -2.73. The first-order chi connectivity index (χ1) is 14.0. The van der Waals surface area contributed by atoms with Crippen molar-refractivity contribution in [1.29, 1.82) is 0 Å². The summed E-state index contributed by atoms with van der Waals surface area (Å²) >= 11 is 0. The van der Waals surface area contributed by atoms with Crippen LogP contribution in [0.4, 0.5) is 13.2 Å². The number of alkyl halides is 3. The van der Waals surface area contributed by atoms with Gasteiger partial charge in [0.1, 0.15) is 5.97 Å².